The Morgan fingerprint density at radius 1 is 1.00 bits per heavy atom. The number of hydrogen-bond donors (Lipinski definition) is 0. The summed E-state index contributed by atoms with van der Waals surface area (Å²) < 4.78 is 5.10. The summed E-state index contributed by atoms with van der Waals surface area (Å²) in [4.78, 5) is 24.4. The summed E-state index contributed by atoms with van der Waals surface area (Å²) in [5.41, 5.74) is 1.60. The Bertz CT molecular complexity index is 611. The van der Waals surface area contributed by atoms with Gasteiger partial charge in [-0.2, -0.15) is 0 Å². The number of benzene rings is 2. The minimum absolute atomic E-state index is 0.116. The van der Waals surface area contributed by atoms with E-state index in [2.05, 4.69) is 0 Å². The van der Waals surface area contributed by atoms with Crippen LogP contribution in [-0.2, 0) is 16.0 Å². The van der Waals surface area contributed by atoms with Crippen molar-refractivity contribution < 1.29 is 14.3 Å². The zero-order valence-electron chi connectivity index (χ0n) is 12.4. The van der Waals surface area contributed by atoms with E-state index < -0.39 is 5.25 Å². The molecule has 0 saturated heterocycles. The van der Waals surface area contributed by atoms with Gasteiger partial charge in [-0.3, -0.25) is 9.59 Å². The van der Waals surface area contributed by atoms with E-state index in [1.165, 1.54) is 0 Å². The zero-order valence-corrected chi connectivity index (χ0v) is 13.2. The fraction of sp³-hybridized carbons (Fsp3) is 0.222. The molecule has 3 nitrogen and oxygen atoms in total. The molecular weight excluding hydrogens is 296 g/mol. The van der Waals surface area contributed by atoms with Crippen LogP contribution in [0.2, 0.25) is 0 Å². The number of ether oxygens (including phenoxy) is 1. The summed E-state index contributed by atoms with van der Waals surface area (Å²) in [6.45, 7) is 2.07. The molecule has 2 aromatic rings. The molecule has 22 heavy (non-hydrogen) atoms. The number of rotatable bonds is 6. The number of esters is 1. The summed E-state index contributed by atoms with van der Waals surface area (Å²) in [6.07, 6.45) is 0.475. The fourth-order valence-electron chi connectivity index (χ4n) is 2.01. The van der Waals surface area contributed by atoms with Crippen LogP contribution in [0.1, 0.15) is 22.8 Å². The van der Waals surface area contributed by atoms with E-state index in [0.29, 0.717) is 18.6 Å². The van der Waals surface area contributed by atoms with E-state index in [9.17, 15) is 9.59 Å². The smallest absolute Gasteiger partial charge is 0.319 e. The minimum atomic E-state index is -0.532. The van der Waals surface area contributed by atoms with Gasteiger partial charge in [0.05, 0.1) is 6.61 Å². The molecule has 0 aromatic heterocycles. The first-order chi connectivity index (χ1) is 10.7. The van der Waals surface area contributed by atoms with E-state index in [4.69, 9.17) is 4.74 Å². The predicted molar refractivity (Wildman–Crippen MR) is 88.9 cm³/mol. The van der Waals surface area contributed by atoms with Crippen molar-refractivity contribution in [3.8, 4) is 0 Å². The lowest BCUT2D eigenvalue weighted by Crippen LogP contribution is -2.24. The second kappa shape index (κ2) is 8.39. The Balaban J connectivity index is 2.11. The van der Waals surface area contributed by atoms with Crippen LogP contribution in [-0.4, -0.2) is 22.9 Å². The molecule has 0 saturated carbocycles. The highest BCUT2D eigenvalue weighted by Crippen LogP contribution is 2.22. The first kappa shape index (κ1) is 16.3. The Hall–Kier alpha value is -2.07. The number of hydrogen-bond acceptors (Lipinski definition) is 4. The summed E-state index contributed by atoms with van der Waals surface area (Å²) in [7, 11) is 0. The second-order valence-electron chi connectivity index (χ2n) is 4.70. The molecule has 0 heterocycles. The minimum Gasteiger partial charge on any atom is -0.465 e. The van der Waals surface area contributed by atoms with Gasteiger partial charge in [0.25, 0.3) is 0 Å². The predicted octanol–water partition coefficient (Wildman–Crippen LogP) is 3.73. The Labute approximate surface area is 134 Å². The molecule has 0 bridgehead atoms. The average molecular weight is 314 g/mol. The third-order valence-electron chi connectivity index (χ3n) is 3.07. The van der Waals surface area contributed by atoms with Crippen molar-refractivity contribution in [3.63, 3.8) is 0 Å². The first-order valence-corrected chi connectivity index (χ1v) is 8.05. The van der Waals surface area contributed by atoms with E-state index in [0.717, 1.165) is 17.3 Å². The van der Waals surface area contributed by atoms with E-state index in [1.807, 2.05) is 48.5 Å². The molecule has 0 fully saturated rings. The van der Waals surface area contributed by atoms with Crippen LogP contribution < -0.4 is 0 Å². The molecule has 2 rings (SSSR count). The van der Waals surface area contributed by atoms with Crippen LogP contribution in [0, 0.1) is 0 Å². The lowest BCUT2D eigenvalue weighted by molar-refractivity contribution is -0.142. The topological polar surface area (TPSA) is 43.4 Å². The normalized spacial score (nSPS) is 11.7. The Morgan fingerprint density at radius 2 is 1.59 bits per heavy atom. The van der Waals surface area contributed by atoms with Crippen molar-refractivity contribution in [2.24, 2.45) is 0 Å². The second-order valence-corrected chi connectivity index (χ2v) is 5.88. The van der Waals surface area contributed by atoms with Gasteiger partial charge >= 0.3 is 5.97 Å². The highest BCUT2D eigenvalue weighted by atomic mass is 32.2. The fourth-order valence-corrected chi connectivity index (χ4v) is 2.98. The van der Waals surface area contributed by atoms with Crippen LogP contribution in [0.25, 0.3) is 0 Å². The maximum Gasteiger partial charge on any atom is 0.319 e. The van der Waals surface area contributed by atoms with Gasteiger partial charge in [0.2, 0.25) is 5.12 Å². The summed E-state index contributed by atoms with van der Waals surface area (Å²) >= 11 is 1.03. The molecule has 0 radical (unpaired) electrons. The monoisotopic (exact) mass is 314 g/mol. The van der Waals surface area contributed by atoms with Crippen molar-refractivity contribution in [2.45, 2.75) is 18.6 Å². The molecule has 0 aliphatic heterocycles. The molecule has 114 valence electrons. The van der Waals surface area contributed by atoms with E-state index >= 15 is 0 Å². The Kier molecular flexibility index (Phi) is 6.22. The van der Waals surface area contributed by atoms with Gasteiger partial charge in [0.15, 0.2) is 0 Å². The van der Waals surface area contributed by atoms with Gasteiger partial charge in [-0.25, -0.2) is 0 Å². The third-order valence-corrected chi connectivity index (χ3v) is 4.17. The number of thioether (sulfide) groups is 1. The highest BCUT2D eigenvalue weighted by molar-refractivity contribution is 8.15. The lowest BCUT2D eigenvalue weighted by Gasteiger charge is -2.14. The van der Waals surface area contributed by atoms with Gasteiger partial charge in [-0.15, -0.1) is 0 Å². The number of carbonyl (C=O) groups is 2. The van der Waals surface area contributed by atoms with Crippen LogP contribution >= 0.6 is 11.8 Å². The van der Waals surface area contributed by atoms with Gasteiger partial charge in [0.1, 0.15) is 5.25 Å². The number of carbonyl (C=O) groups excluding carboxylic acids is 2. The van der Waals surface area contributed by atoms with Crippen LogP contribution in [0.15, 0.2) is 60.7 Å². The molecule has 0 amide bonds. The van der Waals surface area contributed by atoms with Crippen LogP contribution in [0.4, 0.5) is 0 Å². The molecular formula is C18H18O3S. The summed E-state index contributed by atoms with van der Waals surface area (Å²) in [5, 5.41) is -0.648. The highest BCUT2D eigenvalue weighted by Gasteiger charge is 2.25. The summed E-state index contributed by atoms with van der Waals surface area (Å²) in [5.74, 6) is -0.347. The molecule has 2 aromatic carbocycles. The third kappa shape index (κ3) is 4.74. The SMILES string of the molecule is CCOC(=O)C(Cc1ccccc1)SC(=O)c1ccccc1. The molecule has 0 N–H and O–H groups in total. The maximum absolute atomic E-state index is 12.3. The molecule has 1 unspecified atom stereocenters. The van der Waals surface area contributed by atoms with Crippen molar-refractivity contribution in [1.29, 1.82) is 0 Å². The largest absolute Gasteiger partial charge is 0.465 e. The van der Waals surface area contributed by atoms with Crippen molar-refractivity contribution in [1.82, 2.24) is 0 Å². The van der Waals surface area contributed by atoms with E-state index in [-0.39, 0.29) is 11.1 Å². The van der Waals surface area contributed by atoms with Gasteiger partial charge < -0.3 is 4.74 Å². The average Bonchev–Trinajstić information content (AvgIpc) is 2.56. The van der Waals surface area contributed by atoms with Crippen molar-refractivity contribution in [3.05, 3.63) is 71.8 Å². The van der Waals surface area contributed by atoms with Gasteiger partial charge in [0, 0.05) is 5.56 Å². The molecule has 0 aliphatic rings. The molecule has 4 heteroatoms. The first-order valence-electron chi connectivity index (χ1n) is 7.17. The standard InChI is InChI=1S/C18H18O3S/c1-2-21-17(19)16(13-14-9-5-3-6-10-14)22-18(20)15-11-7-4-8-12-15/h3-12,16H,2,13H2,1H3. The molecule has 0 aliphatic carbocycles. The molecule has 1 atom stereocenters. The van der Waals surface area contributed by atoms with Crippen molar-refractivity contribution >= 4 is 22.8 Å². The van der Waals surface area contributed by atoms with Crippen LogP contribution in [0.3, 0.4) is 0 Å². The maximum atomic E-state index is 12.3. The zero-order chi connectivity index (χ0) is 15.8. The van der Waals surface area contributed by atoms with Gasteiger partial charge in [-0.1, -0.05) is 72.4 Å². The van der Waals surface area contributed by atoms with E-state index in [1.54, 1.807) is 19.1 Å². The quantitative estimate of drug-likeness (QED) is 0.762. The Morgan fingerprint density at radius 3 is 2.18 bits per heavy atom. The lowest BCUT2D eigenvalue weighted by atomic mass is 10.1. The van der Waals surface area contributed by atoms with Crippen molar-refractivity contribution in [2.75, 3.05) is 6.61 Å². The van der Waals surface area contributed by atoms with Gasteiger partial charge in [-0.05, 0) is 18.9 Å². The van der Waals surface area contributed by atoms with Crippen LogP contribution in [0.5, 0.6) is 0 Å². The summed E-state index contributed by atoms with van der Waals surface area (Å²) in [6, 6.07) is 18.6. The molecule has 0 spiro atoms.